The third-order valence-electron chi connectivity index (χ3n) is 1.95. The molecule has 0 aliphatic heterocycles. The van der Waals surface area contributed by atoms with Crippen LogP contribution < -0.4 is 5.73 Å². The first kappa shape index (κ1) is 8.71. The molecule has 5 nitrogen and oxygen atoms in total. The van der Waals surface area contributed by atoms with Crippen LogP contribution in [0.15, 0.2) is 18.2 Å². The maximum Gasteiger partial charge on any atom is 0.221 e. The number of aromatic hydroxyl groups is 1. The highest BCUT2D eigenvalue weighted by Crippen LogP contribution is 2.24. The van der Waals surface area contributed by atoms with E-state index < -0.39 is 0 Å². The van der Waals surface area contributed by atoms with Gasteiger partial charge in [-0.1, -0.05) is 12.1 Å². The van der Waals surface area contributed by atoms with Crippen molar-refractivity contribution in [1.82, 2.24) is 9.97 Å². The molecule has 0 amide bonds. The van der Waals surface area contributed by atoms with Crippen molar-refractivity contribution < 1.29 is 10.2 Å². The minimum absolute atomic E-state index is 0.0336. The Morgan fingerprint density at radius 3 is 2.79 bits per heavy atom. The van der Waals surface area contributed by atoms with E-state index in [1.807, 2.05) is 0 Å². The largest absolute Gasteiger partial charge is 0.506 e. The number of nitrogens with two attached hydrogens (primary N) is 1. The first-order valence-electron chi connectivity index (χ1n) is 4.07. The zero-order valence-corrected chi connectivity index (χ0v) is 7.31. The van der Waals surface area contributed by atoms with Gasteiger partial charge in [0, 0.05) is 5.39 Å². The van der Waals surface area contributed by atoms with Crippen LogP contribution in [0.4, 0.5) is 5.95 Å². The van der Waals surface area contributed by atoms with E-state index in [1.165, 1.54) is 6.07 Å². The zero-order valence-electron chi connectivity index (χ0n) is 7.31. The molecule has 0 spiro atoms. The molecule has 2 aromatic rings. The zero-order chi connectivity index (χ0) is 10.1. The Balaban J connectivity index is 2.87. The molecule has 4 N–H and O–H groups in total. The van der Waals surface area contributed by atoms with Gasteiger partial charge in [-0.25, -0.2) is 9.97 Å². The highest BCUT2D eigenvalue weighted by atomic mass is 16.3. The number of nitrogens with zero attached hydrogens (tertiary/aromatic N) is 2. The molecule has 0 unspecified atom stereocenters. The van der Waals surface area contributed by atoms with Crippen molar-refractivity contribution in [2.75, 3.05) is 5.73 Å². The van der Waals surface area contributed by atoms with E-state index >= 15 is 0 Å². The van der Waals surface area contributed by atoms with Gasteiger partial charge in [0.25, 0.3) is 0 Å². The second-order valence-corrected chi connectivity index (χ2v) is 2.86. The number of para-hydroxylation sites is 1. The number of phenolic OH excluding ortho intramolecular Hbond substituents is 1. The first-order valence-corrected chi connectivity index (χ1v) is 4.07. The van der Waals surface area contributed by atoms with Crippen molar-refractivity contribution in [1.29, 1.82) is 0 Å². The molecule has 1 heterocycles. The molecule has 0 fully saturated rings. The average Bonchev–Trinajstić information content (AvgIpc) is 2.18. The van der Waals surface area contributed by atoms with Crippen LogP contribution in [-0.4, -0.2) is 20.2 Å². The number of nitrogen functional groups attached to an aromatic ring is 1. The van der Waals surface area contributed by atoms with Crippen LogP contribution in [-0.2, 0) is 6.61 Å². The van der Waals surface area contributed by atoms with Crippen LogP contribution in [0.25, 0.3) is 10.9 Å². The molecule has 0 saturated carbocycles. The summed E-state index contributed by atoms with van der Waals surface area (Å²) < 4.78 is 0. The third-order valence-corrected chi connectivity index (χ3v) is 1.95. The minimum atomic E-state index is -0.229. The van der Waals surface area contributed by atoms with Gasteiger partial charge in [-0.05, 0) is 6.07 Å². The number of anilines is 1. The molecule has 0 aliphatic rings. The van der Waals surface area contributed by atoms with E-state index in [0.717, 1.165) is 0 Å². The van der Waals surface area contributed by atoms with Crippen LogP contribution in [0.3, 0.4) is 0 Å². The second-order valence-electron chi connectivity index (χ2n) is 2.86. The van der Waals surface area contributed by atoms with Gasteiger partial charge in [-0.2, -0.15) is 0 Å². The lowest BCUT2D eigenvalue weighted by molar-refractivity contribution is 0.278. The van der Waals surface area contributed by atoms with E-state index in [9.17, 15) is 5.11 Å². The monoisotopic (exact) mass is 191 g/mol. The van der Waals surface area contributed by atoms with Gasteiger partial charge < -0.3 is 15.9 Å². The summed E-state index contributed by atoms with van der Waals surface area (Å²) in [5, 5.41) is 19.1. The van der Waals surface area contributed by atoms with Crippen molar-refractivity contribution in [2.24, 2.45) is 0 Å². The fourth-order valence-electron chi connectivity index (χ4n) is 1.34. The summed E-state index contributed by atoms with van der Waals surface area (Å²) in [5.41, 5.74) is 6.21. The summed E-state index contributed by atoms with van der Waals surface area (Å²) >= 11 is 0. The average molecular weight is 191 g/mol. The van der Waals surface area contributed by atoms with Crippen LogP contribution in [0.2, 0.25) is 0 Å². The Kier molecular flexibility index (Phi) is 1.94. The molecule has 0 bridgehead atoms. The quantitative estimate of drug-likeness (QED) is 0.607. The molecule has 0 radical (unpaired) electrons. The first-order chi connectivity index (χ1) is 6.72. The topological polar surface area (TPSA) is 92.3 Å². The number of hydrogen-bond acceptors (Lipinski definition) is 5. The van der Waals surface area contributed by atoms with Gasteiger partial charge in [0.15, 0.2) is 0 Å². The van der Waals surface area contributed by atoms with E-state index in [1.54, 1.807) is 12.1 Å². The summed E-state index contributed by atoms with van der Waals surface area (Å²) in [5.74, 6) is 0.0781. The van der Waals surface area contributed by atoms with Crippen molar-refractivity contribution in [3.05, 3.63) is 23.9 Å². The van der Waals surface area contributed by atoms with Gasteiger partial charge in [0.1, 0.15) is 11.3 Å². The number of aliphatic hydroxyl groups excluding tert-OH is 1. The Morgan fingerprint density at radius 2 is 2.07 bits per heavy atom. The minimum Gasteiger partial charge on any atom is -0.506 e. The number of aromatic nitrogens is 2. The van der Waals surface area contributed by atoms with E-state index in [4.69, 9.17) is 10.8 Å². The summed E-state index contributed by atoms with van der Waals surface area (Å²) in [4.78, 5) is 7.76. The number of fused-ring (bicyclic) bond motifs is 1. The molecule has 0 aliphatic carbocycles. The lowest BCUT2D eigenvalue weighted by Gasteiger charge is -2.04. The predicted molar refractivity (Wildman–Crippen MR) is 51.5 cm³/mol. The maximum atomic E-state index is 9.49. The van der Waals surface area contributed by atoms with Gasteiger partial charge in [0.2, 0.25) is 5.95 Å². The smallest absolute Gasteiger partial charge is 0.221 e. The molecule has 72 valence electrons. The number of phenols is 1. The summed E-state index contributed by atoms with van der Waals surface area (Å²) in [6.07, 6.45) is 0. The molecule has 0 saturated heterocycles. The van der Waals surface area contributed by atoms with Crippen LogP contribution in [0.1, 0.15) is 5.69 Å². The van der Waals surface area contributed by atoms with Gasteiger partial charge in [0.05, 0.1) is 12.3 Å². The normalized spacial score (nSPS) is 10.6. The van der Waals surface area contributed by atoms with Crippen molar-refractivity contribution in [3.8, 4) is 5.75 Å². The van der Waals surface area contributed by atoms with Crippen LogP contribution in [0.5, 0.6) is 5.75 Å². The lowest BCUT2D eigenvalue weighted by atomic mass is 10.2. The Morgan fingerprint density at radius 1 is 1.29 bits per heavy atom. The number of benzene rings is 1. The number of hydrogen-bond donors (Lipinski definition) is 3. The van der Waals surface area contributed by atoms with Crippen LogP contribution >= 0.6 is 0 Å². The molecule has 1 aromatic heterocycles. The number of aliphatic hydroxyl groups is 1. The second kappa shape index (κ2) is 3.12. The predicted octanol–water partition coefficient (Wildman–Crippen LogP) is 0.410. The van der Waals surface area contributed by atoms with Gasteiger partial charge in [-0.3, -0.25) is 0 Å². The summed E-state index contributed by atoms with van der Waals surface area (Å²) in [6, 6.07) is 4.90. The Labute approximate surface area is 79.8 Å². The highest BCUT2D eigenvalue weighted by Gasteiger charge is 2.07. The van der Waals surface area contributed by atoms with Crippen molar-refractivity contribution in [2.45, 2.75) is 6.61 Å². The van der Waals surface area contributed by atoms with E-state index in [-0.39, 0.29) is 18.3 Å². The molecule has 0 atom stereocenters. The number of rotatable bonds is 1. The maximum absolute atomic E-state index is 9.49. The Bertz CT molecular complexity index is 485. The molecule has 5 heteroatoms. The standard InChI is InChI=1S/C9H9N3O2/c10-9-11-6(4-13)5-2-1-3-7(14)8(5)12-9/h1-3,13-14H,4H2,(H2,10,11,12). The van der Waals surface area contributed by atoms with Crippen LogP contribution in [0, 0.1) is 0 Å². The van der Waals surface area contributed by atoms with Crippen molar-refractivity contribution >= 4 is 16.9 Å². The third kappa shape index (κ3) is 1.23. The molecular formula is C9H9N3O2. The SMILES string of the molecule is Nc1nc(CO)c2cccc(O)c2n1. The highest BCUT2D eigenvalue weighted by molar-refractivity contribution is 5.86. The molecule has 1 aromatic carbocycles. The van der Waals surface area contributed by atoms with Gasteiger partial charge in [-0.15, -0.1) is 0 Å². The fraction of sp³-hybridized carbons (Fsp3) is 0.111. The summed E-state index contributed by atoms with van der Waals surface area (Å²) in [7, 11) is 0. The summed E-state index contributed by atoms with van der Waals surface area (Å²) in [6.45, 7) is -0.229. The molecular weight excluding hydrogens is 182 g/mol. The van der Waals surface area contributed by atoms with E-state index in [0.29, 0.717) is 16.6 Å². The Hall–Kier alpha value is -1.88. The van der Waals surface area contributed by atoms with E-state index in [2.05, 4.69) is 9.97 Å². The fourth-order valence-corrected chi connectivity index (χ4v) is 1.34. The lowest BCUT2D eigenvalue weighted by Crippen LogP contribution is -2.00. The van der Waals surface area contributed by atoms with Crippen molar-refractivity contribution in [3.63, 3.8) is 0 Å². The molecule has 14 heavy (non-hydrogen) atoms. The molecule has 2 rings (SSSR count). The van der Waals surface area contributed by atoms with Gasteiger partial charge >= 0.3 is 0 Å².